The van der Waals surface area contributed by atoms with Gasteiger partial charge in [-0.3, -0.25) is 10.9 Å². The molecule has 1 aromatic heterocycles. The lowest BCUT2D eigenvalue weighted by atomic mass is 9.83. The molecule has 4 N–H and O–H groups in total. The molecule has 0 aromatic carbocycles. The van der Waals surface area contributed by atoms with Crippen LogP contribution in [0.3, 0.4) is 0 Å². The van der Waals surface area contributed by atoms with Gasteiger partial charge in [0.25, 0.3) is 0 Å². The summed E-state index contributed by atoms with van der Waals surface area (Å²) in [6, 6.07) is 2.09. The predicted molar refractivity (Wildman–Crippen MR) is 100 cm³/mol. The molecule has 142 valence electrons. The fourth-order valence-electron chi connectivity index (χ4n) is 5.17. The number of nitrogens with zero attached hydrogens (tertiary/aromatic N) is 3. The Hall–Kier alpha value is -1.64. The van der Waals surface area contributed by atoms with Crippen LogP contribution in [-0.4, -0.2) is 60.9 Å². The fraction of sp³-hybridized carbons (Fsp3) is 0.778. The number of piperazine rings is 1. The molecule has 0 spiro atoms. The van der Waals surface area contributed by atoms with E-state index in [-0.39, 0.29) is 0 Å². The van der Waals surface area contributed by atoms with Gasteiger partial charge < -0.3 is 20.3 Å². The number of ether oxygens (including phenoxy) is 1. The number of fused-ring (bicyclic) bond motifs is 3. The molecule has 5 rings (SSSR count). The second-order valence-corrected chi connectivity index (χ2v) is 8.08. The van der Waals surface area contributed by atoms with Crippen LogP contribution < -0.4 is 31.1 Å². The molecule has 1 aromatic rings. The van der Waals surface area contributed by atoms with Crippen LogP contribution in [0.25, 0.3) is 0 Å². The van der Waals surface area contributed by atoms with Crippen molar-refractivity contribution in [2.75, 3.05) is 37.0 Å². The number of hydrogen-bond donors (Lipinski definition) is 4. The molecule has 1 saturated carbocycles. The quantitative estimate of drug-likeness (QED) is 0.618. The van der Waals surface area contributed by atoms with Crippen molar-refractivity contribution in [3.05, 3.63) is 6.20 Å². The Bertz CT molecular complexity index is 640. The monoisotopic (exact) mass is 359 g/mol. The predicted octanol–water partition coefficient (Wildman–Crippen LogP) is 0.483. The summed E-state index contributed by atoms with van der Waals surface area (Å²) in [5.74, 6) is 3.12. The van der Waals surface area contributed by atoms with E-state index in [1.54, 1.807) is 7.11 Å². The number of hydrazine groups is 1. The molecular weight excluding hydrogens is 330 g/mol. The van der Waals surface area contributed by atoms with Gasteiger partial charge in [0, 0.05) is 43.8 Å². The zero-order chi connectivity index (χ0) is 17.5. The van der Waals surface area contributed by atoms with Crippen molar-refractivity contribution in [1.82, 2.24) is 26.1 Å². The maximum atomic E-state index is 5.54. The molecule has 0 amide bonds. The molecule has 8 nitrogen and oxygen atoms in total. The van der Waals surface area contributed by atoms with E-state index in [4.69, 9.17) is 9.72 Å². The van der Waals surface area contributed by atoms with E-state index in [1.165, 1.54) is 19.3 Å². The van der Waals surface area contributed by atoms with E-state index in [9.17, 15) is 0 Å². The average Bonchev–Trinajstić information content (AvgIpc) is 3.23. The van der Waals surface area contributed by atoms with Crippen molar-refractivity contribution in [3.8, 4) is 5.75 Å². The van der Waals surface area contributed by atoms with E-state index in [1.807, 2.05) is 6.20 Å². The molecule has 1 aliphatic carbocycles. The molecule has 3 aliphatic heterocycles. The van der Waals surface area contributed by atoms with Gasteiger partial charge in [-0.1, -0.05) is 0 Å². The maximum Gasteiger partial charge on any atom is 0.228 e. The Labute approximate surface area is 154 Å². The molecular formula is C18H29N7O. The van der Waals surface area contributed by atoms with Gasteiger partial charge in [0.1, 0.15) is 0 Å². The van der Waals surface area contributed by atoms with Gasteiger partial charge in [0.2, 0.25) is 5.95 Å². The third kappa shape index (κ3) is 2.90. The summed E-state index contributed by atoms with van der Waals surface area (Å²) >= 11 is 0. The summed E-state index contributed by atoms with van der Waals surface area (Å²) in [6.45, 7) is 3.11. The van der Waals surface area contributed by atoms with Gasteiger partial charge in [-0.15, -0.1) is 0 Å². The first-order valence-corrected chi connectivity index (χ1v) is 9.97. The summed E-state index contributed by atoms with van der Waals surface area (Å²) in [4.78, 5) is 11.9. The van der Waals surface area contributed by atoms with Gasteiger partial charge in [0.15, 0.2) is 11.6 Å². The lowest BCUT2D eigenvalue weighted by molar-refractivity contribution is 0.313. The third-order valence-corrected chi connectivity index (χ3v) is 6.55. The summed E-state index contributed by atoms with van der Waals surface area (Å²) < 4.78 is 5.54. The first-order chi connectivity index (χ1) is 12.8. The molecule has 4 fully saturated rings. The van der Waals surface area contributed by atoms with Gasteiger partial charge in [-0.25, -0.2) is 4.98 Å². The Morgan fingerprint density at radius 3 is 2.81 bits per heavy atom. The highest BCUT2D eigenvalue weighted by atomic mass is 16.5. The average molecular weight is 359 g/mol. The van der Waals surface area contributed by atoms with Crippen LogP contribution in [0.2, 0.25) is 0 Å². The molecule has 0 radical (unpaired) electrons. The second kappa shape index (κ2) is 6.83. The molecule has 3 saturated heterocycles. The van der Waals surface area contributed by atoms with E-state index >= 15 is 0 Å². The van der Waals surface area contributed by atoms with Crippen LogP contribution in [0.5, 0.6) is 5.75 Å². The van der Waals surface area contributed by atoms with Crippen molar-refractivity contribution >= 4 is 11.8 Å². The Kier molecular flexibility index (Phi) is 4.34. The lowest BCUT2D eigenvalue weighted by Gasteiger charge is -2.36. The summed E-state index contributed by atoms with van der Waals surface area (Å²) in [7, 11) is 1.69. The topological polar surface area (TPSA) is 86.4 Å². The third-order valence-electron chi connectivity index (χ3n) is 6.55. The number of methoxy groups -OCH3 is 1. The molecule has 4 heterocycles. The van der Waals surface area contributed by atoms with E-state index < -0.39 is 0 Å². The van der Waals surface area contributed by atoms with Crippen LogP contribution in [0.1, 0.15) is 32.1 Å². The minimum atomic E-state index is 0.439. The van der Waals surface area contributed by atoms with Crippen molar-refractivity contribution in [3.63, 3.8) is 0 Å². The Morgan fingerprint density at radius 1 is 1.15 bits per heavy atom. The van der Waals surface area contributed by atoms with E-state index in [0.717, 1.165) is 50.0 Å². The molecule has 2 bridgehead atoms. The largest absolute Gasteiger partial charge is 0.491 e. The van der Waals surface area contributed by atoms with E-state index in [0.29, 0.717) is 30.1 Å². The first kappa shape index (κ1) is 16.5. The van der Waals surface area contributed by atoms with Gasteiger partial charge >= 0.3 is 0 Å². The SMILES string of the molecule is COc1cnc(N2C3CCC2CNC3)nc1NC1CCC2NNCC2C1. The highest BCUT2D eigenvalue weighted by Gasteiger charge is 2.39. The minimum Gasteiger partial charge on any atom is -0.491 e. The van der Waals surface area contributed by atoms with E-state index in [2.05, 4.69) is 31.4 Å². The number of anilines is 2. The number of rotatable bonds is 4. The number of aromatic nitrogens is 2. The highest BCUT2D eigenvalue weighted by molar-refractivity contribution is 5.54. The normalized spacial score (nSPS) is 36.0. The fourth-order valence-corrected chi connectivity index (χ4v) is 5.17. The Morgan fingerprint density at radius 2 is 2.00 bits per heavy atom. The summed E-state index contributed by atoms with van der Waals surface area (Å²) in [6.07, 6.45) is 7.78. The zero-order valence-electron chi connectivity index (χ0n) is 15.4. The maximum absolute atomic E-state index is 5.54. The first-order valence-electron chi connectivity index (χ1n) is 9.97. The molecule has 4 aliphatic rings. The number of hydrogen-bond acceptors (Lipinski definition) is 8. The van der Waals surface area contributed by atoms with Crippen LogP contribution >= 0.6 is 0 Å². The van der Waals surface area contributed by atoms with Gasteiger partial charge in [-0.05, 0) is 38.0 Å². The number of nitrogens with one attached hydrogen (secondary N) is 4. The summed E-state index contributed by atoms with van der Waals surface area (Å²) in [5.41, 5.74) is 6.69. The second-order valence-electron chi connectivity index (χ2n) is 8.08. The Balaban J connectivity index is 1.36. The molecule has 5 atom stereocenters. The highest BCUT2D eigenvalue weighted by Crippen LogP contribution is 2.34. The van der Waals surface area contributed by atoms with Crippen LogP contribution in [0.15, 0.2) is 6.20 Å². The van der Waals surface area contributed by atoms with Gasteiger partial charge in [-0.2, -0.15) is 4.98 Å². The van der Waals surface area contributed by atoms with Crippen molar-refractivity contribution in [2.45, 2.75) is 56.3 Å². The summed E-state index contributed by atoms with van der Waals surface area (Å²) in [5, 5.41) is 7.19. The standard InChI is InChI=1S/C18H29N7O/c1-26-16-10-20-18(25-13-3-4-14(25)9-19-8-13)23-17(16)22-12-2-5-15-11(6-12)7-21-24-15/h10-15,19,21,24H,2-9H2,1H3,(H,20,22,23). The molecule has 5 unspecified atom stereocenters. The lowest BCUT2D eigenvalue weighted by Crippen LogP contribution is -2.52. The van der Waals surface area contributed by atoms with Crippen molar-refractivity contribution in [1.29, 1.82) is 0 Å². The van der Waals surface area contributed by atoms with Crippen molar-refractivity contribution in [2.24, 2.45) is 5.92 Å². The van der Waals surface area contributed by atoms with Crippen molar-refractivity contribution < 1.29 is 4.74 Å². The van der Waals surface area contributed by atoms with Gasteiger partial charge in [0.05, 0.1) is 13.3 Å². The molecule has 26 heavy (non-hydrogen) atoms. The van der Waals surface area contributed by atoms with Crippen LogP contribution in [0, 0.1) is 5.92 Å². The van der Waals surface area contributed by atoms with Crippen LogP contribution in [0.4, 0.5) is 11.8 Å². The smallest absolute Gasteiger partial charge is 0.228 e. The zero-order valence-corrected chi connectivity index (χ0v) is 15.4. The van der Waals surface area contributed by atoms with Crippen LogP contribution in [-0.2, 0) is 0 Å². The molecule has 8 heteroatoms. The minimum absolute atomic E-state index is 0.439.